The third-order valence-corrected chi connectivity index (χ3v) is 7.22. The summed E-state index contributed by atoms with van der Waals surface area (Å²) in [7, 11) is 2.61. The van der Waals surface area contributed by atoms with Crippen molar-refractivity contribution in [3.8, 4) is 17.2 Å². The Morgan fingerprint density at radius 1 is 1.05 bits per heavy atom. The molecule has 1 amide bonds. The maximum Gasteiger partial charge on any atom is 0.422 e. The molecule has 1 heterocycles. The number of methoxy groups -OCH3 is 1. The van der Waals surface area contributed by atoms with Crippen LogP contribution in [0.25, 0.3) is 0 Å². The second-order valence-electron chi connectivity index (χ2n) is 8.83. The van der Waals surface area contributed by atoms with Crippen LogP contribution in [0.3, 0.4) is 0 Å². The van der Waals surface area contributed by atoms with Gasteiger partial charge in [0, 0.05) is 24.1 Å². The minimum absolute atomic E-state index is 0.0369. The predicted molar refractivity (Wildman–Crippen MR) is 138 cm³/mol. The van der Waals surface area contributed by atoms with Crippen LogP contribution in [-0.4, -0.2) is 43.9 Å². The Bertz CT molecular complexity index is 1450. The van der Waals surface area contributed by atoms with Crippen molar-refractivity contribution in [3.05, 3.63) is 81.3 Å². The zero-order chi connectivity index (χ0) is 28.7. The molecule has 4 rings (SSSR count). The van der Waals surface area contributed by atoms with Gasteiger partial charge in [0.2, 0.25) is 0 Å². The van der Waals surface area contributed by atoms with Crippen LogP contribution in [0.2, 0.25) is 10.0 Å². The van der Waals surface area contributed by atoms with Gasteiger partial charge in [0.05, 0.1) is 23.4 Å². The highest BCUT2D eigenvalue weighted by Crippen LogP contribution is 2.51. The minimum Gasteiger partial charge on any atom is -0.482 e. The molecule has 0 saturated heterocycles. The van der Waals surface area contributed by atoms with E-state index in [0.717, 1.165) is 12.1 Å². The maximum atomic E-state index is 14.6. The number of carbonyl (C=O) groups excluding carboxylic acids is 2. The zero-order valence-corrected chi connectivity index (χ0v) is 22.3. The number of hydrogen-bond donors (Lipinski definition) is 1. The average molecular weight is 584 g/mol. The van der Waals surface area contributed by atoms with Crippen LogP contribution in [0.1, 0.15) is 34.3 Å². The molecule has 1 N–H and O–H groups in total. The van der Waals surface area contributed by atoms with Gasteiger partial charge in [-0.2, -0.15) is 13.2 Å². The molecule has 2 unspecified atom stereocenters. The van der Waals surface area contributed by atoms with E-state index < -0.39 is 35.1 Å². The molecule has 0 bridgehead atoms. The highest BCUT2D eigenvalue weighted by Gasteiger charge is 2.59. The Morgan fingerprint density at radius 2 is 1.72 bits per heavy atom. The van der Waals surface area contributed by atoms with E-state index in [1.807, 2.05) is 0 Å². The van der Waals surface area contributed by atoms with Crippen molar-refractivity contribution in [1.29, 1.82) is 0 Å². The summed E-state index contributed by atoms with van der Waals surface area (Å²) >= 11 is 12.4. The molecule has 206 valence electrons. The summed E-state index contributed by atoms with van der Waals surface area (Å²) in [5, 5.41) is 11.3. The van der Waals surface area contributed by atoms with Crippen LogP contribution < -0.4 is 14.4 Å². The summed E-state index contributed by atoms with van der Waals surface area (Å²) in [6, 6.07) is 11.7. The van der Waals surface area contributed by atoms with E-state index >= 15 is 0 Å². The molecule has 2 atom stereocenters. The molecule has 1 aliphatic rings. The number of fused-ring (bicyclic) bond motifs is 1. The van der Waals surface area contributed by atoms with Crippen molar-refractivity contribution < 1.29 is 42.1 Å². The van der Waals surface area contributed by atoms with E-state index in [1.54, 1.807) is 0 Å². The second-order valence-corrected chi connectivity index (χ2v) is 9.64. The van der Waals surface area contributed by atoms with E-state index in [1.165, 1.54) is 68.4 Å². The fraction of sp³-hybridized carbons (Fsp3) is 0.259. The first-order valence-electron chi connectivity index (χ1n) is 11.5. The van der Waals surface area contributed by atoms with Gasteiger partial charge in [-0.1, -0.05) is 36.2 Å². The quantitative estimate of drug-likeness (QED) is 0.334. The third kappa shape index (κ3) is 5.24. The van der Waals surface area contributed by atoms with Gasteiger partial charge in [0.1, 0.15) is 17.2 Å². The fourth-order valence-corrected chi connectivity index (χ4v) is 4.81. The van der Waals surface area contributed by atoms with Crippen molar-refractivity contribution in [2.75, 3.05) is 25.7 Å². The summed E-state index contributed by atoms with van der Waals surface area (Å²) in [4.78, 5) is 25.0. The Kier molecular flexibility index (Phi) is 7.75. The van der Waals surface area contributed by atoms with Gasteiger partial charge in [0.25, 0.3) is 5.91 Å². The minimum atomic E-state index is -5.14. The van der Waals surface area contributed by atoms with Crippen LogP contribution in [0.5, 0.6) is 17.2 Å². The standard InChI is InChI=1S/C27H22Cl2F3NO6/c1-14(26(36,27(30,31)32)15-4-9-23-22(10-15)33(2)24(34)13-38-23)19-11-16(6-8-20(19)28)39-17-5-7-18(21(29)12-17)25(35)37-3/h4-12,14,36H,13H2,1-3H3. The van der Waals surface area contributed by atoms with E-state index in [4.69, 9.17) is 32.7 Å². The molecule has 0 radical (unpaired) electrons. The Balaban J connectivity index is 1.73. The number of amides is 1. The first kappa shape index (κ1) is 28.5. The topological polar surface area (TPSA) is 85.3 Å². The van der Waals surface area contributed by atoms with Crippen LogP contribution in [0, 0.1) is 0 Å². The van der Waals surface area contributed by atoms with Gasteiger partial charge < -0.3 is 24.2 Å². The van der Waals surface area contributed by atoms with Crippen LogP contribution in [0.4, 0.5) is 18.9 Å². The SMILES string of the molecule is COC(=O)c1ccc(Oc2ccc(Cl)c(C(C)C(O)(c3ccc4c(c3)N(C)C(=O)CO4)C(F)(F)F)c2)cc1Cl. The molecule has 0 fully saturated rings. The van der Waals surface area contributed by atoms with Crippen molar-refractivity contribution in [2.24, 2.45) is 0 Å². The molecule has 1 aliphatic heterocycles. The van der Waals surface area contributed by atoms with Gasteiger partial charge in [0.15, 0.2) is 12.2 Å². The largest absolute Gasteiger partial charge is 0.482 e. The van der Waals surface area contributed by atoms with E-state index in [0.29, 0.717) is 0 Å². The molecule has 39 heavy (non-hydrogen) atoms. The molecule has 0 aliphatic carbocycles. The van der Waals surface area contributed by atoms with Crippen molar-refractivity contribution in [1.82, 2.24) is 0 Å². The second kappa shape index (κ2) is 10.6. The van der Waals surface area contributed by atoms with Crippen LogP contribution in [-0.2, 0) is 15.1 Å². The normalized spacial score (nSPS) is 15.6. The number of likely N-dealkylation sites (N-methyl/N-ethyl adjacent to an activating group) is 1. The molecule has 0 aromatic heterocycles. The molecule has 7 nitrogen and oxygen atoms in total. The first-order chi connectivity index (χ1) is 18.3. The summed E-state index contributed by atoms with van der Waals surface area (Å²) in [5.74, 6) is -2.20. The highest BCUT2D eigenvalue weighted by atomic mass is 35.5. The van der Waals surface area contributed by atoms with Gasteiger partial charge in [-0.3, -0.25) is 4.79 Å². The lowest BCUT2D eigenvalue weighted by atomic mass is 9.77. The Morgan fingerprint density at radius 3 is 2.36 bits per heavy atom. The number of benzene rings is 3. The van der Waals surface area contributed by atoms with Gasteiger partial charge in [-0.25, -0.2) is 4.79 Å². The molecule has 0 saturated carbocycles. The number of esters is 1. The van der Waals surface area contributed by atoms with E-state index in [-0.39, 0.29) is 50.7 Å². The Labute approximate surface area is 231 Å². The fourth-order valence-electron chi connectivity index (χ4n) is 4.28. The molecule has 3 aromatic carbocycles. The molecule has 3 aromatic rings. The first-order valence-corrected chi connectivity index (χ1v) is 12.2. The number of rotatable bonds is 6. The molecular weight excluding hydrogens is 562 g/mol. The number of carbonyl (C=O) groups is 2. The van der Waals surface area contributed by atoms with Gasteiger partial charge in [-0.05, 0) is 53.6 Å². The number of hydrogen-bond acceptors (Lipinski definition) is 6. The Hall–Kier alpha value is -3.47. The maximum absolute atomic E-state index is 14.6. The predicted octanol–water partition coefficient (Wildman–Crippen LogP) is 6.48. The zero-order valence-electron chi connectivity index (χ0n) is 20.8. The third-order valence-electron chi connectivity index (χ3n) is 6.56. The number of aliphatic hydroxyl groups is 1. The summed E-state index contributed by atoms with van der Waals surface area (Å²) in [5.41, 5.74) is -3.76. The van der Waals surface area contributed by atoms with Crippen LogP contribution in [0.15, 0.2) is 54.6 Å². The monoisotopic (exact) mass is 583 g/mol. The lowest BCUT2D eigenvalue weighted by Crippen LogP contribution is -2.47. The summed E-state index contributed by atoms with van der Waals surface area (Å²) in [6.45, 7) is 0.938. The number of anilines is 1. The number of alkyl halides is 3. The lowest BCUT2D eigenvalue weighted by Gasteiger charge is -2.38. The van der Waals surface area contributed by atoms with Crippen molar-refractivity contribution in [3.63, 3.8) is 0 Å². The van der Waals surface area contributed by atoms with Gasteiger partial charge in [-0.15, -0.1) is 0 Å². The number of halogens is 5. The molecule has 12 heteroatoms. The average Bonchev–Trinajstić information content (AvgIpc) is 2.90. The number of ether oxygens (including phenoxy) is 3. The molecule has 0 spiro atoms. The highest BCUT2D eigenvalue weighted by molar-refractivity contribution is 6.33. The van der Waals surface area contributed by atoms with Gasteiger partial charge >= 0.3 is 12.1 Å². The smallest absolute Gasteiger partial charge is 0.422 e. The summed E-state index contributed by atoms with van der Waals surface area (Å²) in [6.07, 6.45) is -5.14. The summed E-state index contributed by atoms with van der Waals surface area (Å²) < 4.78 is 59.5. The van der Waals surface area contributed by atoms with Crippen LogP contribution >= 0.6 is 23.2 Å². The van der Waals surface area contributed by atoms with E-state index in [2.05, 4.69) is 4.74 Å². The molecular formula is C27H22Cl2F3NO6. The van der Waals surface area contributed by atoms with Crippen molar-refractivity contribution in [2.45, 2.75) is 24.6 Å². The van der Waals surface area contributed by atoms with Crippen molar-refractivity contribution >= 4 is 40.8 Å². The van der Waals surface area contributed by atoms with E-state index in [9.17, 15) is 27.9 Å². The lowest BCUT2D eigenvalue weighted by molar-refractivity contribution is -0.274. The number of nitrogens with zero attached hydrogens (tertiary/aromatic N) is 1.